The Balaban J connectivity index is 3.03. The van der Waals surface area contributed by atoms with Crippen molar-refractivity contribution in [1.29, 1.82) is 0 Å². The second-order valence-electron chi connectivity index (χ2n) is 4.98. The van der Waals surface area contributed by atoms with E-state index >= 15 is 0 Å². The van der Waals surface area contributed by atoms with E-state index in [1.54, 1.807) is 13.0 Å². The molecular weight excluding hydrogens is 283 g/mol. The molecule has 106 valence electrons. The van der Waals surface area contributed by atoms with Gasteiger partial charge >= 0.3 is 5.97 Å². The maximum Gasteiger partial charge on any atom is 0.305 e. The molecule has 2 atom stereocenters. The molecule has 1 aromatic rings. The van der Waals surface area contributed by atoms with Crippen molar-refractivity contribution < 1.29 is 9.53 Å². The Morgan fingerprint density at radius 3 is 2.37 bits per heavy atom. The number of halogens is 2. The Morgan fingerprint density at radius 1 is 1.26 bits per heavy atom. The van der Waals surface area contributed by atoms with Crippen molar-refractivity contribution in [1.82, 2.24) is 0 Å². The van der Waals surface area contributed by atoms with Gasteiger partial charge in [0.15, 0.2) is 0 Å². The largest absolute Gasteiger partial charge is 0.462 e. The molecule has 0 bridgehead atoms. The van der Waals surface area contributed by atoms with Gasteiger partial charge in [0.05, 0.1) is 0 Å². The fraction of sp³-hybridized carbons (Fsp3) is 0.533. The van der Waals surface area contributed by atoms with Crippen LogP contribution >= 0.6 is 23.2 Å². The molecule has 1 unspecified atom stereocenters. The van der Waals surface area contributed by atoms with Gasteiger partial charge in [0.2, 0.25) is 0 Å². The van der Waals surface area contributed by atoms with E-state index in [-0.39, 0.29) is 18.0 Å². The van der Waals surface area contributed by atoms with Gasteiger partial charge in [-0.05, 0) is 30.5 Å². The number of carbonyl (C=O) groups excluding carboxylic acids is 1. The minimum atomic E-state index is -0.217. The minimum Gasteiger partial charge on any atom is -0.462 e. The van der Waals surface area contributed by atoms with Crippen LogP contribution in [0.5, 0.6) is 0 Å². The molecule has 4 heteroatoms. The number of hydrogen-bond donors (Lipinski definition) is 0. The lowest BCUT2D eigenvalue weighted by Crippen LogP contribution is -2.26. The summed E-state index contributed by atoms with van der Waals surface area (Å²) in [7, 11) is 0. The van der Waals surface area contributed by atoms with Crippen LogP contribution in [-0.2, 0) is 9.53 Å². The summed E-state index contributed by atoms with van der Waals surface area (Å²) in [5, 5.41) is 1.22. The summed E-state index contributed by atoms with van der Waals surface area (Å²) >= 11 is 12.2. The number of rotatable bonds is 5. The van der Waals surface area contributed by atoms with Gasteiger partial charge in [0.1, 0.15) is 6.10 Å². The molecule has 0 saturated carbocycles. The zero-order valence-corrected chi connectivity index (χ0v) is 13.3. The third-order valence-electron chi connectivity index (χ3n) is 3.15. The van der Waals surface area contributed by atoms with Crippen molar-refractivity contribution >= 4 is 29.2 Å². The maximum atomic E-state index is 11.4. The van der Waals surface area contributed by atoms with Crippen molar-refractivity contribution in [3.8, 4) is 0 Å². The maximum absolute atomic E-state index is 11.4. The van der Waals surface area contributed by atoms with Crippen LogP contribution in [0, 0.1) is 5.92 Å². The van der Waals surface area contributed by atoms with Crippen LogP contribution < -0.4 is 0 Å². The van der Waals surface area contributed by atoms with Gasteiger partial charge in [0.25, 0.3) is 0 Å². The molecule has 0 aliphatic carbocycles. The summed E-state index contributed by atoms with van der Waals surface area (Å²) < 4.78 is 5.43. The summed E-state index contributed by atoms with van der Waals surface area (Å²) in [5.41, 5.74) is 0.970. The van der Waals surface area contributed by atoms with Gasteiger partial charge in [-0.3, -0.25) is 4.79 Å². The Labute approximate surface area is 125 Å². The van der Waals surface area contributed by atoms with E-state index in [0.717, 1.165) is 5.56 Å². The molecule has 0 aromatic heterocycles. The third kappa shape index (κ3) is 4.39. The molecule has 19 heavy (non-hydrogen) atoms. The second-order valence-corrected chi connectivity index (χ2v) is 5.83. The predicted molar refractivity (Wildman–Crippen MR) is 79.9 cm³/mol. The van der Waals surface area contributed by atoms with Crippen LogP contribution in [0.2, 0.25) is 10.0 Å². The lowest BCUT2D eigenvalue weighted by molar-refractivity contribution is -0.149. The third-order valence-corrected chi connectivity index (χ3v) is 3.71. The lowest BCUT2D eigenvalue weighted by atomic mass is 9.84. The highest BCUT2D eigenvalue weighted by Crippen LogP contribution is 2.35. The first-order chi connectivity index (χ1) is 8.86. The van der Waals surface area contributed by atoms with Crippen LogP contribution in [0.3, 0.4) is 0 Å². The quantitative estimate of drug-likeness (QED) is 0.709. The standard InChI is InChI=1S/C15H20Cl2O2/c1-5-14(18)19-10(4)15(9(2)3)12-7-6-11(16)8-13(12)17/h6-10,15H,5H2,1-4H3/t10?,15-/m1/s1. The van der Waals surface area contributed by atoms with Crippen LogP contribution in [0.25, 0.3) is 0 Å². The number of carbonyl (C=O) groups is 1. The summed E-state index contributed by atoms with van der Waals surface area (Å²) in [4.78, 5) is 11.4. The fourth-order valence-corrected chi connectivity index (χ4v) is 2.82. The minimum absolute atomic E-state index is 0.0558. The van der Waals surface area contributed by atoms with Crippen molar-refractivity contribution in [3.63, 3.8) is 0 Å². The smallest absolute Gasteiger partial charge is 0.305 e. The molecule has 0 aliphatic rings. The molecular formula is C15H20Cl2O2. The predicted octanol–water partition coefficient (Wildman–Crippen LogP) is 5.07. The van der Waals surface area contributed by atoms with E-state index in [0.29, 0.717) is 22.4 Å². The summed E-state index contributed by atoms with van der Waals surface area (Å²) in [6, 6.07) is 5.44. The highest BCUT2D eigenvalue weighted by molar-refractivity contribution is 6.35. The topological polar surface area (TPSA) is 26.3 Å². The molecule has 0 heterocycles. The van der Waals surface area contributed by atoms with Crippen LogP contribution in [0.1, 0.15) is 45.6 Å². The first kappa shape index (κ1) is 16.3. The van der Waals surface area contributed by atoms with Gasteiger partial charge in [-0.1, -0.05) is 50.0 Å². The summed E-state index contributed by atoms with van der Waals surface area (Å²) in [5.74, 6) is 0.168. The van der Waals surface area contributed by atoms with Crippen LogP contribution in [0.4, 0.5) is 0 Å². The van der Waals surface area contributed by atoms with Gasteiger partial charge in [-0.2, -0.15) is 0 Å². The van der Waals surface area contributed by atoms with Crippen LogP contribution in [0.15, 0.2) is 18.2 Å². The van der Waals surface area contributed by atoms with Gasteiger partial charge < -0.3 is 4.74 Å². The Bertz CT molecular complexity index is 444. The van der Waals surface area contributed by atoms with Gasteiger partial charge in [-0.25, -0.2) is 0 Å². The molecule has 0 aliphatic heterocycles. The normalized spacial score (nSPS) is 14.3. The zero-order chi connectivity index (χ0) is 14.6. The molecule has 2 nitrogen and oxygen atoms in total. The van der Waals surface area contributed by atoms with Crippen molar-refractivity contribution in [2.75, 3.05) is 0 Å². The van der Waals surface area contributed by atoms with Crippen molar-refractivity contribution in [2.45, 2.75) is 46.1 Å². The average molecular weight is 303 g/mol. The molecule has 0 N–H and O–H groups in total. The Hall–Kier alpha value is -0.730. The Morgan fingerprint density at radius 2 is 1.89 bits per heavy atom. The summed E-state index contributed by atoms with van der Waals surface area (Å²) in [6.45, 7) is 7.87. The van der Waals surface area contributed by atoms with Crippen molar-refractivity contribution in [3.05, 3.63) is 33.8 Å². The molecule has 0 fully saturated rings. The Kier molecular flexibility index (Phi) is 6.15. The number of ether oxygens (including phenoxy) is 1. The number of hydrogen-bond acceptors (Lipinski definition) is 2. The van der Waals surface area contributed by atoms with E-state index in [1.807, 2.05) is 19.1 Å². The molecule has 0 spiro atoms. The zero-order valence-electron chi connectivity index (χ0n) is 11.7. The molecule has 0 radical (unpaired) electrons. The number of esters is 1. The fourth-order valence-electron chi connectivity index (χ4n) is 2.29. The lowest BCUT2D eigenvalue weighted by Gasteiger charge is -2.28. The average Bonchev–Trinajstić information content (AvgIpc) is 2.31. The molecule has 1 rings (SSSR count). The van der Waals surface area contributed by atoms with E-state index in [9.17, 15) is 4.79 Å². The summed E-state index contributed by atoms with van der Waals surface area (Å²) in [6.07, 6.45) is 0.162. The van der Waals surface area contributed by atoms with E-state index < -0.39 is 0 Å². The highest BCUT2D eigenvalue weighted by Gasteiger charge is 2.27. The van der Waals surface area contributed by atoms with E-state index in [2.05, 4.69) is 13.8 Å². The number of benzene rings is 1. The van der Waals surface area contributed by atoms with Crippen molar-refractivity contribution in [2.24, 2.45) is 5.92 Å². The SMILES string of the molecule is CCC(=O)OC(C)[C@H](c1ccc(Cl)cc1Cl)C(C)C. The van der Waals surface area contributed by atoms with E-state index in [4.69, 9.17) is 27.9 Å². The first-order valence-electron chi connectivity index (χ1n) is 6.51. The highest BCUT2D eigenvalue weighted by atomic mass is 35.5. The first-order valence-corrected chi connectivity index (χ1v) is 7.26. The molecule has 0 amide bonds. The van der Waals surface area contributed by atoms with Gasteiger partial charge in [0, 0.05) is 22.4 Å². The van der Waals surface area contributed by atoms with E-state index in [1.165, 1.54) is 0 Å². The molecule has 0 saturated heterocycles. The molecule has 1 aromatic carbocycles. The van der Waals surface area contributed by atoms with Crippen LogP contribution in [-0.4, -0.2) is 12.1 Å². The van der Waals surface area contributed by atoms with Gasteiger partial charge in [-0.15, -0.1) is 0 Å². The second kappa shape index (κ2) is 7.16. The monoisotopic (exact) mass is 302 g/mol.